The molecule has 2 amide bonds. The third-order valence-electron chi connectivity index (χ3n) is 4.43. The fourth-order valence-electron chi connectivity index (χ4n) is 2.74. The third-order valence-corrected chi connectivity index (χ3v) is 5.50. The van der Waals surface area contributed by atoms with E-state index in [1.54, 1.807) is 12.1 Å². The minimum Gasteiger partial charge on any atom is -0.378 e. The Morgan fingerprint density at radius 1 is 1.16 bits per heavy atom. The summed E-state index contributed by atoms with van der Waals surface area (Å²) in [5, 5.41) is 13.5. The highest BCUT2D eigenvalue weighted by Gasteiger charge is 2.30. The molecule has 2 aromatic rings. The van der Waals surface area contributed by atoms with Crippen molar-refractivity contribution in [1.82, 2.24) is 5.32 Å². The number of carbonyl (C=O) groups is 2. The van der Waals surface area contributed by atoms with E-state index in [0.717, 1.165) is 11.3 Å². The number of amides is 2. The predicted octanol–water partition coefficient (Wildman–Crippen LogP) is 3.76. The monoisotopic (exact) mass is 435 g/mol. The zero-order chi connectivity index (χ0) is 22.2. The molecule has 1 unspecified atom stereocenters. The van der Waals surface area contributed by atoms with Gasteiger partial charge in [-0.15, -0.1) is 5.10 Å². The first-order chi connectivity index (χ1) is 14.9. The standard InChI is InChI=1S/C23H25N5O2S/c1-16(9-10-17-11-13-19(14-12-17)28(2)3)26-27-23-25-21(29)15-20(31-23)22(30)24-18-7-5-4-6-8-18/h4-14,20H,15H2,1-3H3,(H,24,30)(H,25,27,29)/b10-9+,26-16-. The number of anilines is 2. The molecular formula is C23H25N5O2S. The summed E-state index contributed by atoms with van der Waals surface area (Å²) in [6, 6.07) is 17.3. The molecule has 0 aromatic heterocycles. The quantitative estimate of drug-likeness (QED) is 0.534. The Labute approximate surface area is 186 Å². The number of carbonyl (C=O) groups excluding carboxylic acids is 2. The lowest BCUT2D eigenvalue weighted by Gasteiger charge is -2.21. The van der Waals surface area contributed by atoms with Crippen molar-refractivity contribution in [3.63, 3.8) is 0 Å². The highest BCUT2D eigenvalue weighted by Crippen LogP contribution is 2.22. The SMILES string of the molecule is CC(/C=C/c1ccc(N(C)C)cc1)=N/N=C1/NC(=O)CC(C(=O)Nc2ccccc2)S1. The Bertz CT molecular complexity index is 1010. The van der Waals surface area contributed by atoms with Crippen LogP contribution in [0.2, 0.25) is 0 Å². The number of nitrogens with one attached hydrogen (secondary N) is 2. The van der Waals surface area contributed by atoms with Gasteiger partial charge < -0.3 is 15.5 Å². The fourth-order valence-corrected chi connectivity index (χ4v) is 3.67. The Hall–Kier alpha value is -3.39. The van der Waals surface area contributed by atoms with Gasteiger partial charge in [0.05, 0.1) is 5.71 Å². The lowest BCUT2D eigenvalue weighted by atomic mass is 10.2. The number of thioether (sulfide) groups is 1. The van der Waals surface area contributed by atoms with Gasteiger partial charge in [-0.1, -0.05) is 48.2 Å². The van der Waals surface area contributed by atoms with Crippen molar-refractivity contribution in [3.8, 4) is 0 Å². The van der Waals surface area contributed by atoms with Crippen molar-refractivity contribution < 1.29 is 9.59 Å². The average molecular weight is 436 g/mol. The van der Waals surface area contributed by atoms with Crippen molar-refractivity contribution in [2.75, 3.05) is 24.3 Å². The number of amidine groups is 1. The van der Waals surface area contributed by atoms with Crippen LogP contribution < -0.4 is 15.5 Å². The Balaban J connectivity index is 1.62. The van der Waals surface area contributed by atoms with Gasteiger partial charge in [-0.25, -0.2) is 0 Å². The van der Waals surface area contributed by atoms with Gasteiger partial charge in [-0.2, -0.15) is 5.10 Å². The van der Waals surface area contributed by atoms with Crippen LogP contribution >= 0.6 is 11.8 Å². The molecular weight excluding hydrogens is 410 g/mol. The summed E-state index contributed by atoms with van der Waals surface area (Å²) in [5.74, 6) is -0.490. The Morgan fingerprint density at radius 2 is 1.87 bits per heavy atom. The fraction of sp³-hybridized carbons (Fsp3) is 0.217. The highest BCUT2D eigenvalue weighted by atomic mass is 32.2. The molecule has 1 aliphatic heterocycles. The molecule has 1 saturated heterocycles. The molecule has 0 bridgehead atoms. The number of allylic oxidation sites excluding steroid dienone is 1. The van der Waals surface area contributed by atoms with Gasteiger partial charge in [-0.3, -0.25) is 9.59 Å². The van der Waals surface area contributed by atoms with E-state index in [0.29, 0.717) is 16.6 Å². The number of hydrogen-bond donors (Lipinski definition) is 2. The summed E-state index contributed by atoms with van der Waals surface area (Å²) in [4.78, 5) is 26.6. The smallest absolute Gasteiger partial charge is 0.238 e. The normalized spacial score (nSPS) is 18.2. The van der Waals surface area contributed by atoms with Gasteiger partial charge in [0.15, 0.2) is 5.17 Å². The molecule has 1 fully saturated rings. The van der Waals surface area contributed by atoms with Gasteiger partial charge >= 0.3 is 0 Å². The van der Waals surface area contributed by atoms with Crippen molar-refractivity contribution in [2.45, 2.75) is 18.6 Å². The maximum atomic E-state index is 12.5. The molecule has 31 heavy (non-hydrogen) atoms. The van der Waals surface area contributed by atoms with E-state index in [9.17, 15) is 9.59 Å². The first kappa shape index (κ1) is 22.3. The van der Waals surface area contributed by atoms with Gasteiger partial charge in [0.2, 0.25) is 11.8 Å². The molecule has 1 atom stereocenters. The molecule has 1 heterocycles. The second-order valence-electron chi connectivity index (χ2n) is 7.18. The van der Waals surface area contributed by atoms with Gasteiger partial charge in [0.25, 0.3) is 0 Å². The molecule has 0 radical (unpaired) electrons. The molecule has 0 spiro atoms. The molecule has 8 heteroatoms. The van der Waals surface area contributed by atoms with Crippen LogP contribution in [-0.4, -0.2) is 42.0 Å². The first-order valence-corrected chi connectivity index (χ1v) is 10.7. The van der Waals surface area contributed by atoms with Crippen LogP contribution in [0.5, 0.6) is 0 Å². The van der Waals surface area contributed by atoms with E-state index < -0.39 is 5.25 Å². The topological polar surface area (TPSA) is 86.2 Å². The minimum absolute atomic E-state index is 0.0912. The molecule has 3 rings (SSSR count). The van der Waals surface area contributed by atoms with Crippen LogP contribution in [0, 0.1) is 0 Å². The van der Waals surface area contributed by atoms with Crippen molar-refractivity contribution >= 4 is 51.9 Å². The molecule has 2 N–H and O–H groups in total. The highest BCUT2D eigenvalue weighted by molar-refractivity contribution is 8.15. The molecule has 0 saturated carbocycles. The van der Waals surface area contributed by atoms with Crippen molar-refractivity contribution in [2.24, 2.45) is 10.2 Å². The minimum atomic E-state index is -0.561. The van der Waals surface area contributed by atoms with E-state index in [1.165, 1.54) is 11.8 Å². The average Bonchev–Trinajstić information content (AvgIpc) is 2.77. The molecule has 2 aromatic carbocycles. The first-order valence-electron chi connectivity index (χ1n) is 9.81. The number of nitrogens with zero attached hydrogens (tertiary/aromatic N) is 3. The van der Waals surface area contributed by atoms with Crippen LogP contribution in [0.4, 0.5) is 11.4 Å². The molecule has 160 valence electrons. The zero-order valence-electron chi connectivity index (χ0n) is 17.7. The summed E-state index contributed by atoms with van der Waals surface area (Å²) in [5.41, 5.74) is 3.54. The lowest BCUT2D eigenvalue weighted by Crippen LogP contribution is -2.41. The van der Waals surface area contributed by atoms with Crippen LogP contribution in [0.15, 0.2) is 70.9 Å². The second-order valence-corrected chi connectivity index (χ2v) is 8.37. The number of benzene rings is 2. The maximum Gasteiger partial charge on any atom is 0.238 e. The molecule has 7 nitrogen and oxygen atoms in total. The molecule has 0 aliphatic carbocycles. The number of hydrogen-bond acceptors (Lipinski definition) is 6. The summed E-state index contributed by atoms with van der Waals surface area (Å²) in [7, 11) is 4.00. The second kappa shape index (κ2) is 10.6. The molecule has 1 aliphatic rings. The van der Waals surface area contributed by atoms with Crippen LogP contribution in [0.25, 0.3) is 6.08 Å². The van der Waals surface area contributed by atoms with E-state index in [1.807, 2.05) is 80.5 Å². The largest absolute Gasteiger partial charge is 0.378 e. The predicted molar refractivity (Wildman–Crippen MR) is 130 cm³/mol. The summed E-state index contributed by atoms with van der Waals surface area (Å²) in [6.07, 6.45) is 3.89. The van der Waals surface area contributed by atoms with Crippen molar-refractivity contribution in [3.05, 3.63) is 66.2 Å². The summed E-state index contributed by atoms with van der Waals surface area (Å²) < 4.78 is 0. The lowest BCUT2D eigenvalue weighted by molar-refractivity contribution is -0.123. The van der Waals surface area contributed by atoms with E-state index >= 15 is 0 Å². The van der Waals surface area contributed by atoms with Crippen LogP contribution in [-0.2, 0) is 9.59 Å². The van der Waals surface area contributed by atoms with E-state index in [2.05, 4.69) is 20.8 Å². The van der Waals surface area contributed by atoms with Crippen LogP contribution in [0.1, 0.15) is 18.9 Å². The Kier molecular flexibility index (Phi) is 7.61. The van der Waals surface area contributed by atoms with E-state index in [-0.39, 0.29) is 18.2 Å². The van der Waals surface area contributed by atoms with Gasteiger partial charge in [0.1, 0.15) is 5.25 Å². The zero-order valence-corrected chi connectivity index (χ0v) is 18.5. The maximum absolute atomic E-state index is 12.5. The van der Waals surface area contributed by atoms with Crippen LogP contribution in [0.3, 0.4) is 0 Å². The number of para-hydroxylation sites is 1. The van der Waals surface area contributed by atoms with Crippen molar-refractivity contribution in [1.29, 1.82) is 0 Å². The van der Waals surface area contributed by atoms with E-state index in [4.69, 9.17) is 0 Å². The Morgan fingerprint density at radius 3 is 2.55 bits per heavy atom. The summed E-state index contributed by atoms with van der Waals surface area (Å²) in [6.45, 7) is 1.82. The van der Waals surface area contributed by atoms with Gasteiger partial charge in [0, 0.05) is 31.9 Å². The van der Waals surface area contributed by atoms with Gasteiger partial charge in [-0.05, 0) is 42.8 Å². The summed E-state index contributed by atoms with van der Waals surface area (Å²) >= 11 is 1.19. The number of rotatable bonds is 6. The third kappa shape index (κ3) is 6.82.